The summed E-state index contributed by atoms with van der Waals surface area (Å²) in [5, 5.41) is 5.95. The van der Waals surface area contributed by atoms with Crippen LogP contribution < -0.4 is 39.1 Å². The van der Waals surface area contributed by atoms with Crippen molar-refractivity contribution < 1.29 is 42.4 Å². The quantitative estimate of drug-likeness (QED) is 0.453. The molecule has 2 amide bonds. The van der Waals surface area contributed by atoms with Crippen LogP contribution in [0, 0.1) is 5.82 Å². The van der Waals surface area contributed by atoms with E-state index in [1.807, 2.05) is 18.2 Å². The van der Waals surface area contributed by atoms with Gasteiger partial charge >= 0.3 is 0 Å². The van der Waals surface area contributed by atoms with Gasteiger partial charge in [-0.25, -0.2) is 4.39 Å². The molecule has 0 aromatic heterocycles. The smallest absolute Gasteiger partial charge is 0.258 e. The minimum Gasteiger partial charge on any atom is -0.496 e. The van der Waals surface area contributed by atoms with Crippen molar-refractivity contribution in [2.45, 2.75) is 44.5 Å². The number of carbonyl (C=O) groups excluding carboxylic acids is 2. The normalized spacial score (nSPS) is 20.3. The SMILES string of the molecule is COc1cc2c(cc1CN1CC[C@H]3Oc4cc(F)cc(c4)CNC(=O)CCc4ccc(OC)c(c4)OCC(=O)N[C@@H]3C1)OCO2. The number of nitrogens with zero attached hydrogens (tertiary/aromatic N) is 1. The molecule has 6 rings (SSSR count). The van der Waals surface area contributed by atoms with Gasteiger partial charge in [-0.15, -0.1) is 0 Å². The maximum atomic E-state index is 14.6. The highest BCUT2D eigenvalue weighted by Crippen LogP contribution is 2.39. The van der Waals surface area contributed by atoms with Crippen LogP contribution in [-0.4, -0.2) is 69.6 Å². The van der Waals surface area contributed by atoms with Crippen molar-refractivity contribution in [3.05, 3.63) is 71.0 Å². The van der Waals surface area contributed by atoms with Crippen molar-refractivity contribution in [2.75, 3.05) is 40.7 Å². The number of hydrogen-bond donors (Lipinski definition) is 2. The highest BCUT2D eigenvalue weighted by Gasteiger charge is 2.33. The van der Waals surface area contributed by atoms with Gasteiger partial charge in [0.25, 0.3) is 5.91 Å². The van der Waals surface area contributed by atoms with Gasteiger partial charge in [0.1, 0.15) is 23.4 Å². The van der Waals surface area contributed by atoms with Gasteiger partial charge in [-0.05, 0) is 54.3 Å². The Bertz CT molecular complexity index is 1570. The van der Waals surface area contributed by atoms with Crippen LogP contribution >= 0.6 is 0 Å². The Labute approximate surface area is 260 Å². The molecule has 238 valence electrons. The van der Waals surface area contributed by atoms with Gasteiger partial charge in [0.15, 0.2) is 29.6 Å². The number of amides is 2. The van der Waals surface area contributed by atoms with Crippen molar-refractivity contribution >= 4 is 11.8 Å². The van der Waals surface area contributed by atoms with Crippen LogP contribution in [0.15, 0.2) is 48.5 Å². The standard InChI is InChI=1S/C33H36FN3O8/c1-40-27-5-3-20-4-6-32(38)35-15-21-9-23(34)13-24(10-21)45-26-7-8-37(17-25(26)36-33(39)18-42-29(27)11-20)16-22-12-30-31(44-19-43-30)14-28(22)41-2/h3,5,9-14,25-26H,4,6-8,15-19H2,1-2H3,(H,35,38)(H,36,39)/t25-,26-/m1/s1. The molecule has 0 spiro atoms. The molecule has 0 unspecified atom stereocenters. The number of fused-ring (bicyclic) bond motifs is 6. The van der Waals surface area contributed by atoms with Crippen LogP contribution in [0.25, 0.3) is 0 Å². The van der Waals surface area contributed by atoms with Crippen molar-refractivity contribution in [3.8, 4) is 34.5 Å². The molecule has 0 saturated carbocycles. The van der Waals surface area contributed by atoms with Gasteiger partial charge in [-0.2, -0.15) is 0 Å². The number of benzene rings is 3. The maximum Gasteiger partial charge on any atom is 0.258 e. The van der Waals surface area contributed by atoms with Gasteiger partial charge in [-0.1, -0.05) is 6.07 Å². The number of aryl methyl sites for hydroxylation is 1. The first-order valence-electron chi connectivity index (χ1n) is 14.9. The molecule has 45 heavy (non-hydrogen) atoms. The lowest BCUT2D eigenvalue weighted by molar-refractivity contribution is -0.125. The first kappa shape index (κ1) is 30.3. The van der Waals surface area contributed by atoms with E-state index < -0.39 is 18.0 Å². The van der Waals surface area contributed by atoms with Crippen LogP contribution in [0.5, 0.6) is 34.5 Å². The Morgan fingerprint density at radius 1 is 0.889 bits per heavy atom. The van der Waals surface area contributed by atoms with Crippen LogP contribution in [0.4, 0.5) is 4.39 Å². The number of nitrogens with one attached hydrogen (secondary N) is 2. The zero-order valence-corrected chi connectivity index (χ0v) is 25.2. The summed E-state index contributed by atoms with van der Waals surface area (Å²) >= 11 is 0. The molecule has 0 aliphatic carbocycles. The fraction of sp³-hybridized carbons (Fsp3) is 0.394. The van der Waals surface area contributed by atoms with E-state index in [1.54, 1.807) is 25.3 Å². The summed E-state index contributed by atoms with van der Waals surface area (Å²) in [6.07, 6.45) is 0.772. The molecule has 3 aliphatic rings. The van der Waals surface area contributed by atoms with E-state index in [1.165, 1.54) is 19.2 Å². The van der Waals surface area contributed by atoms with E-state index in [-0.39, 0.29) is 38.2 Å². The third-order valence-electron chi connectivity index (χ3n) is 8.09. The van der Waals surface area contributed by atoms with E-state index in [0.29, 0.717) is 72.5 Å². The molecule has 3 aromatic rings. The van der Waals surface area contributed by atoms with Gasteiger partial charge in [-0.3, -0.25) is 14.5 Å². The average Bonchev–Trinajstić information content (AvgIpc) is 3.49. The number of rotatable bonds is 4. The summed E-state index contributed by atoms with van der Waals surface area (Å²) < 4.78 is 49.0. The number of piperidine rings is 1. The second kappa shape index (κ2) is 13.5. The molecule has 3 heterocycles. The molecule has 4 bridgehead atoms. The first-order valence-corrected chi connectivity index (χ1v) is 14.9. The fourth-order valence-electron chi connectivity index (χ4n) is 5.83. The van der Waals surface area contributed by atoms with E-state index in [4.69, 9.17) is 28.4 Å². The molecular weight excluding hydrogens is 585 g/mol. The van der Waals surface area contributed by atoms with Gasteiger partial charge in [0, 0.05) is 50.3 Å². The predicted molar refractivity (Wildman–Crippen MR) is 160 cm³/mol. The van der Waals surface area contributed by atoms with Crippen LogP contribution in [0.3, 0.4) is 0 Å². The fourth-order valence-corrected chi connectivity index (χ4v) is 5.83. The van der Waals surface area contributed by atoms with Crippen LogP contribution in [0.2, 0.25) is 0 Å². The lowest BCUT2D eigenvalue weighted by Gasteiger charge is -2.39. The second-order valence-electron chi connectivity index (χ2n) is 11.2. The largest absolute Gasteiger partial charge is 0.496 e. The average molecular weight is 622 g/mol. The molecule has 3 aliphatic heterocycles. The third-order valence-corrected chi connectivity index (χ3v) is 8.09. The number of hydrogen-bond acceptors (Lipinski definition) is 9. The minimum absolute atomic E-state index is 0.153. The van der Waals surface area contributed by atoms with Crippen LogP contribution in [0.1, 0.15) is 29.5 Å². The van der Waals surface area contributed by atoms with Crippen molar-refractivity contribution in [1.82, 2.24) is 15.5 Å². The summed E-state index contributed by atoms with van der Waals surface area (Å²) in [4.78, 5) is 28.1. The van der Waals surface area contributed by atoms with E-state index >= 15 is 0 Å². The minimum atomic E-state index is -0.474. The third kappa shape index (κ3) is 7.34. The zero-order valence-electron chi connectivity index (χ0n) is 25.2. The molecule has 0 radical (unpaired) electrons. The first-order chi connectivity index (χ1) is 21.9. The number of carbonyl (C=O) groups is 2. The Morgan fingerprint density at radius 2 is 1.71 bits per heavy atom. The number of likely N-dealkylation sites (tertiary alicyclic amines) is 1. The number of methoxy groups -OCH3 is 2. The molecular formula is C33H36FN3O8. The van der Waals surface area contributed by atoms with Crippen molar-refractivity contribution in [1.29, 1.82) is 0 Å². The number of ether oxygens (including phenoxy) is 6. The summed E-state index contributed by atoms with van der Waals surface area (Å²) in [6, 6.07) is 13.1. The molecule has 11 nitrogen and oxygen atoms in total. The molecule has 3 aromatic carbocycles. The maximum absolute atomic E-state index is 14.6. The van der Waals surface area contributed by atoms with Crippen molar-refractivity contribution in [3.63, 3.8) is 0 Å². The van der Waals surface area contributed by atoms with Gasteiger partial charge < -0.3 is 39.1 Å². The van der Waals surface area contributed by atoms with Gasteiger partial charge in [0.05, 0.1) is 20.3 Å². The summed E-state index contributed by atoms with van der Waals surface area (Å²) in [5.41, 5.74) is 2.35. The molecule has 12 heteroatoms. The van der Waals surface area contributed by atoms with E-state index in [0.717, 1.165) is 11.1 Å². The highest BCUT2D eigenvalue weighted by molar-refractivity contribution is 5.78. The molecule has 2 N–H and O–H groups in total. The second-order valence-corrected chi connectivity index (χ2v) is 11.2. The summed E-state index contributed by atoms with van der Waals surface area (Å²) in [7, 11) is 3.13. The lowest BCUT2D eigenvalue weighted by Crippen LogP contribution is -2.57. The molecule has 2 atom stereocenters. The topological polar surface area (TPSA) is 117 Å². The Balaban J connectivity index is 1.25. The predicted octanol–water partition coefficient (Wildman–Crippen LogP) is 3.35. The summed E-state index contributed by atoms with van der Waals surface area (Å²) in [5.74, 6) is 2.19. The van der Waals surface area contributed by atoms with Gasteiger partial charge in [0.2, 0.25) is 12.7 Å². The molecule has 1 saturated heterocycles. The zero-order chi connectivity index (χ0) is 31.3. The summed E-state index contributed by atoms with van der Waals surface area (Å²) in [6.45, 7) is 1.68. The monoisotopic (exact) mass is 621 g/mol. The highest BCUT2D eigenvalue weighted by atomic mass is 19.1. The van der Waals surface area contributed by atoms with Crippen molar-refractivity contribution in [2.24, 2.45) is 0 Å². The van der Waals surface area contributed by atoms with E-state index in [2.05, 4.69) is 15.5 Å². The van der Waals surface area contributed by atoms with E-state index in [9.17, 15) is 14.0 Å². The van der Waals surface area contributed by atoms with Crippen LogP contribution in [-0.2, 0) is 29.1 Å². The number of halogens is 1. The Kier molecular flexibility index (Phi) is 9.11. The Hall–Kier alpha value is -4.71. The molecule has 1 fully saturated rings. The Morgan fingerprint density at radius 3 is 2.53 bits per heavy atom. The lowest BCUT2D eigenvalue weighted by atomic mass is 10.0.